The van der Waals surface area contributed by atoms with Crippen LogP contribution >= 0.6 is 0 Å². The number of amides is 1. The van der Waals surface area contributed by atoms with Gasteiger partial charge >= 0.3 is 0 Å². The van der Waals surface area contributed by atoms with E-state index in [4.69, 9.17) is 10.5 Å². The van der Waals surface area contributed by atoms with Crippen LogP contribution in [0.15, 0.2) is 30.3 Å². The molecule has 1 aromatic carbocycles. The fourth-order valence-corrected chi connectivity index (χ4v) is 2.46. The van der Waals surface area contributed by atoms with E-state index in [2.05, 4.69) is 5.32 Å². The maximum Gasteiger partial charge on any atom is 0.236 e. The van der Waals surface area contributed by atoms with Crippen LogP contribution in [0.5, 0.6) is 0 Å². The molecular formula is C15H23N3O3. The number of aliphatic hydroxyl groups is 1. The number of carbonyl (C=O) groups is 1. The number of piperazine rings is 1. The Bertz CT molecular complexity index is 441. The molecule has 1 fully saturated rings. The maximum atomic E-state index is 11.4. The van der Waals surface area contributed by atoms with Gasteiger partial charge in [-0.25, -0.2) is 0 Å². The summed E-state index contributed by atoms with van der Waals surface area (Å²) in [6.07, 6.45) is -0.631. The van der Waals surface area contributed by atoms with Crippen LogP contribution in [0.25, 0.3) is 0 Å². The van der Waals surface area contributed by atoms with E-state index >= 15 is 0 Å². The standard InChI is InChI=1S/C15H23N3O3/c16-15(20)14-8-17-6-7-18(14)9-13(19)11-21-10-12-4-2-1-3-5-12/h1-5,13-14,17,19H,6-11H2,(H2,16,20). The highest BCUT2D eigenvalue weighted by molar-refractivity contribution is 5.80. The quantitative estimate of drug-likeness (QED) is 0.620. The van der Waals surface area contributed by atoms with Crippen molar-refractivity contribution in [1.29, 1.82) is 0 Å². The fraction of sp³-hybridized carbons (Fsp3) is 0.533. The number of nitrogens with one attached hydrogen (secondary N) is 1. The molecule has 0 aliphatic carbocycles. The second-order valence-electron chi connectivity index (χ2n) is 5.27. The number of ether oxygens (including phenoxy) is 1. The van der Waals surface area contributed by atoms with E-state index in [0.717, 1.165) is 12.1 Å². The van der Waals surface area contributed by atoms with E-state index in [1.807, 2.05) is 35.2 Å². The molecule has 1 amide bonds. The second kappa shape index (κ2) is 8.09. The number of carbonyl (C=O) groups excluding carboxylic acids is 1. The van der Waals surface area contributed by atoms with Gasteiger partial charge in [-0.1, -0.05) is 30.3 Å². The predicted molar refractivity (Wildman–Crippen MR) is 79.5 cm³/mol. The molecule has 6 heteroatoms. The highest BCUT2D eigenvalue weighted by Crippen LogP contribution is 2.06. The highest BCUT2D eigenvalue weighted by Gasteiger charge is 2.28. The van der Waals surface area contributed by atoms with Crippen molar-refractivity contribution in [3.8, 4) is 0 Å². The number of hydrogen-bond donors (Lipinski definition) is 3. The molecule has 1 aromatic rings. The molecule has 1 aliphatic rings. The first-order valence-corrected chi connectivity index (χ1v) is 7.20. The topological polar surface area (TPSA) is 87.8 Å². The molecule has 0 spiro atoms. The van der Waals surface area contributed by atoms with Crippen molar-refractivity contribution in [3.05, 3.63) is 35.9 Å². The lowest BCUT2D eigenvalue weighted by Gasteiger charge is -2.35. The summed E-state index contributed by atoms with van der Waals surface area (Å²) in [4.78, 5) is 13.3. The van der Waals surface area contributed by atoms with Crippen molar-refractivity contribution >= 4 is 5.91 Å². The van der Waals surface area contributed by atoms with Crippen LogP contribution in [-0.2, 0) is 16.1 Å². The lowest BCUT2D eigenvalue weighted by atomic mass is 10.1. The Morgan fingerprint density at radius 3 is 2.95 bits per heavy atom. The van der Waals surface area contributed by atoms with Gasteiger partial charge in [0, 0.05) is 26.2 Å². The summed E-state index contributed by atoms with van der Waals surface area (Å²) in [6.45, 7) is 3.13. The van der Waals surface area contributed by atoms with E-state index in [-0.39, 0.29) is 18.6 Å². The van der Waals surface area contributed by atoms with Gasteiger partial charge in [0.05, 0.1) is 19.3 Å². The maximum absolute atomic E-state index is 11.4. The Morgan fingerprint density at radius 2 is 2.24 bits per heavy atom. The number of aliphatic hydroxyl groups excluding tert-OH is 1. The average Bonchev–Trinajstić information content (AvgIpc) is 2.48. The number of benzene rings is 1. The third-order valence-corrected chi connectivity index (χ3v) is 3.55. The zero-order valence-corrected chi connectivity index (χ0v) is 12.1. The molecule has 4 N–H and O–H groups in total. The van der Waals surface area contributed by atoms with E-state index < -0.39 is 6.10 Å². The Morgan fingerprint density at radius 1 is 1.48 bits per heavy atom. The number of hydrogen-bond acceptors (Lipinski definition) is 5. The lowest BCUT2D eigenvalue weighted by molar-refractivity contribution is -0.124. The minimum Gasteiger partial charge on any atom is -0.389 e. The Balaban J connectivity index is 1.73. The van der Waals surface area contributed by atoms with Crippen molar-refractivity contribution in [2.24, 2.45) is 5.73 Å². The molecule has 2 rings (SSSR count). The van der Waals surface area contributed by atoms with E-state index in [0.29, 0.717) is 26.2 Å². The first-order valence-electron chi connectivity index (χ1n) is 7.20. The third-order valence-electron chi connectivity index (χ3n) is 3.55. The van der Waals surface area contributed by atoms with E-state index in [9.17, 15) is 9.90 Å². The van der Waals surface area contributed by atoms with Crippen molar-refractivity contribution in [3.63, 3.8) is 0 Å². The van der Waals surface area contributed by atoms with Crippen molar-refractivity contribution < 1.29 is 14.6 Å². The first-order chi connectivity index (χ1) is 10.2. The normalized spacial score (nSPS) is 21.1. The predicted octanol–water partition coefficient (Wildman–Crippen LogP) is -0.677. The minimum absolute atomic E-state index is 0.240. The van der Waals surface area contributed by atoms with Gasteiger partial charge in [0.25, 0.3) is 0 Å². The molecule has 2 unspecified atom stereocenters. The van der Waals surface area contributed by atoms with Gasteiger partial charge in [0.2, 0.25) is 5.91 Å². The molecule has 2 atom stereocenters. The van der Waals surface area contributed by atoms with Crippen LogP contribution in [0.1, 0.15) is 5.56 Å². The number of primary amides is 1. The first kappa shape index (κ1) is 15.9. The molecular weight excluding hydrogens is 270 g/mol. The van der Waals surface area contributed by atoms with Gasteiger partial charge in [0.1, 0.15) is 6.04 Å². The SMILES string of the molecule is NC(=O)C1CNCCN1CC(O)COCc1ccccc1. The molecule has 0 aromatic heterocycles. The summed E-state index contributed by atoms with van der Waals surface area (Å²) in [7, 11) is 0. The molecule has 0 bridgehead atoms. The summed E-state index contributed by atoms with van der Waals surface area (Å²) in [5, 5.41) is 13.2. The highest BCUT2D eigenvalue weighted by atomic mass is 16.5. The average molecular weight is 293 g/mol. The van der Waals surface area contributed by atoms with Crippen LogP contribution in [0, 0.1) is 0 Å². The zero-order valence-electron chi connectivity index (χ0n) is 12.1. The van der Waals surface area contributed by atoms with Gasteiger partial charge in [-0.05, 0) is 5.56 Å². The van der Waals surface area contributed by atoms with E-state index in [1.165, 1.54) is 0 Å². The van der Waals surface area contributed by atoms with Crippen molar-refractivity contribution in [1.82, 2.24) is 10.2 Å². The molecule has 1 heterocycles. The van der Waals surface area contributed by atoms with Gasteiger partial charge in [0.15, 0.2) is 0 Å². The molecule has 0 saturated carbocycles. The van der Waals surface area contributed by atoms with Gasteiger partial charge in [-0.15, -0.1) is 0 Å². The summed E-state index contributed by atoms with van der Waals surface area (Å²) in [5.41, 5.74) is 6.45. The second-order valence-corrected chi connectivity index (χ2v) is 5.27. The molecule has 116 valence electrons. The zero-order chi connectivity index (χ0) is 15.1. The molecule has 1 saturated heterocycles. The summed E-state index contributed by atoms with van der Waals surface area (Å²) in [5.74, 6) is -0.361. The van der Waals surface area contributed by atoms with Crippen LogP contribution in [0.3, 0.4) is 0 Å². The fourth-order valence-electron chi connectivity index (χ4n) is 2.46. The number of nitrogens with zero attached hydrogens (tertiary/aromatic N) is 1. The van der Waals surface area contributed by atoms with Crippen LogP contribution < -0.4 is 11.1 Å². The van der Waals surface area contributed by atoms with Gasteiger partial charge < -0.3 is 20.9 Å². The van der Waals surface area contributed by atoms with Gasteiger partial charge in [-0.3, -0.25) is 9.69 Å². The summed E-state index contributed by atoms with van der Waals surface area (Å²) in [6, 6.07) is 9.45. The van der Waals surface area contributed by atoms with Gasteiger partial charge in [-0.2, -0.15) is 0 Å². The molecule has 0 radical (unpaired) electrons. The minimum atomic E-state index is -0.631. The largest absolute Gasteiger partial charge is 0.389 e. The third kappa shape index (κ3) is 5.09. The number of nitrogens with two attached hydrogens (primary N) is 1. The van der Waals surface area contributed by atoms with Crippen LogP contribution in [0.4, 0.5) is 0 Å². The summed E-state index contributed by atoms with van der Waals surface area (Å²) >= 11 is 0. The molecule has 21 heavy (non-hydrogen) atoms. The number of rotatable bonds is 7. The van der Waals surface area contributed by atoms with Crippen LogP contribution in [0.2, 0.25) is 0 Å². The Labute approximate surface area is 124 Å². The van der Waals surface area contributed by atoms with Crippen LogP contribution in [-0.4, -0.2) is 60.8 Å². The monoisotopic (exact) mass is 293 g/mol. The van der Waals surface area contributed by atoms with Crippen molar-refractivity contribution in [2.45, 2.75) is 18.8 Å². The number of β-amino-alcohol motifs (C(OH)–C–C–N with tert-alkyl or cyclic N) is 1. The molecule has 6 nitrogen and oxygen atoms in total. The smallest absolute Gasteiger partial charge is 0.236 e. The lowest BCUT2D eigenvalue weighted by Crippen LogP contribution is -2.58. The van der Waals surface area contributed by atoms with Crippen molar-refractivity contribution in [2.75, 3.05) is 32.8 Å². The van der Waals surface area contributed by atoms with E-state index in [1.54, 1.807) is 0 Å². The Kier molecular flexibility index (Phi) is 6.13. The summed E-state index contributed by atoms with van der Waals surface area (Å²) < 4.78 is 5.51. The Hall–Kier alpha value is -1.47. The molecule has 1 aliphatic heterocycles.